The quantitative estimate of drug-likeness (QED) is 0.0169. The fraction of sp³-hybridized carbons (Fsp3) is 0.718. The van der Waals surface area contributed by atoms with Crippen LogP contribution < -0.4 is 0 Å². The van der Waals surface area contributed by atoms with Crippen molar-refractivity contribution in [3.8, 4) is 0 Å². The van der Waals surface area contributed by atoms with Gasteiger partial charge < -0.3 is 33.8 Å². The Morgan fingerprint density at radius 2 is 0.519 bits per heavy atom. The third kappa shape index (κ3) is 75.7. The van der Waals surface area contributed by atoms with Gasteiger partial charge in [0.2, 0.25) is 0 Å². The van der Waals surface area contributed by atoms with Gasteiger partial charge in [0.15, 0.2) is 12.2 Å². The van der Waals surface area contributed by atoms with Gasteiger partial charge in [0, 0.05) is 25.7 Å². The largest absolute Gasteiger partial charge is 0.472 e. The van der Waals surface area contributed by atoms with E-state index in [1.54, 1.807) is 0 Å². The molecule has 0 aliphatic rings. The molecule has 598 valence electrons. The summed E-state index contributed by atoms with van der Waals surface area (Å²) >= 11 is 0. The predicted octanol–water partition coefficient (Wildman–Crippen LogP) is 23.9. The van der Waals surface area contributed by atoms with Crippen molar-refractivity contribution in [3.63, 3.8) is 0 Å². The van der Waals surface area contributed by atoms with Crippen molar-refractivity contribution < 1.29 is 80.2 Å². The minimum absolute atomic E-state index is 0.0309. The molecule has 17 nitrogen and oxygen atoms in total. The second-order valence-corrected chi connectivity index (χ2v) is 29.9. The van der Waals surface area contributed by atoms with E-state index in [1.807, 2.05) is 18.2 Å². The van der Waals surface area contributed by atoms with Crippen molar-refractivity contribution in [2.45, 2.75) is 354 Å². The maximum absolute atomic E-state index is 13.1. The maximum Gasteiger partial charge on any atom is 0.472 e. The molecule has 0 fully saturated rings. The van der Waals surface area contributed by atoms with Crippen molar-refractivity contribution >= 4 is 39.5 Å². The summed E-state index contributed by atoms with van der Waals surface area (Å²) in [6, 6.07) is 0. The molecule has 0 radical (unpaired) electrons. The van der Waals surface area contributed by atoms with Gasteiger partial charge in [0.05, 0.1) is 26.4 Å². The zero-order chi connectivity index (χ0) is 76.0. The number of hydrogen-bond donors (Lipinski definition) is 3. The van der Waals surface area contributed by atoms with Crippen LogP contribution in [0.25, 0.3) is 0 Å². The first-order valence-electron chi connectivity index (χ1n) is 40.8. The molecule has 0 aromatic heterocycles. The number of allylic oxidation sites excluding steroid dienone is 20. The van der Waals surface area contributed by atoms with E-state index in [4.69, 9.17) is 37.0 Å². The highest BCUT2D eigenvalue weighted by Gasteiger charge is 2.30. The summed E-state index contributed by atoms with van der Waals surface area (Å²) in [5.41, 5.74) is 0. The average Bonchev–Trinajstić information content (AvgIpc) is 0.906. The van der Waals surface area contributed by atoms with E-state index in [-0.39, 0.29) is 25.7 Å². The van der Waals surface area contributed by atoms with Gasteiger partial charge in [-0.25, -0.2) is 9.13 Å². The monoisotopic (exact) mass is 1500 g/mol. The molecule has 0 bridgehead atoms. The third-order valence-electron chi connectivity index (χ3n) is 17.0. The van der Waals surface area contributed by atoms with Gasteiger partial charge in [-0.2, -0.15) is 0 Å². The number of aliphatic hydroxyl groups is 1. The summed E-state index contributed by atoms with van der Waals surface area (Å²) in [5.74, 6) is -2.27. The number of phosphoric ester groups is 2. The lowest BCUT2D eigenvalue weighted by atomic mass is 10.0. The van der Waals surface area contributed by atoms with Crippen LogP contribution in [-0.2, 0) is 65.4 Å². The molecule has 5 atom stereocenters. The van der Waals surface area contributed by atoms with Gasteiger partial charge >= 0.3 is 39.5 Å². The summed E-state index contributed by atoms with van der Waals surface area (Å²) in [6.07, 6.45) is 84.7. The van der Waals surface area contributed by atoms with Gasteiger partial charge in [-0.1, -0.05) is 329 Å². The van der Waals surface area contributed by atoms with Crippen LogP contribution in [-0.4, -0.2) is 96.7 Å². The molecule has 5 unspecified atom stereocenters. The van der Waals surface area contributed by atoms with E-state index in [2.05, 4.69) is 131 Å². The lowest BCUT2D eigenvalue weighted by Crippen LogP contribution is -2.30. The molecule has 104 heavy (non-hydrogen) atoms. The van der Waals surface area contributed by atoms with Crippen LogP contribution in [0, 0.1) is 0 Å². The van der Waals surface area contributed by atoms with Gasteiger partial charge in [-0.05, 0) is 103 Å². The van der Waals surface area contributed by atoms with Crippen LogP contribution in [0.3, 0.4) is 0 Å². The minimum atomic E-state index is -5.00. The Morgan fingerprint density at radius 1 is 0.279 bits per heavy atom. The highest BCUT2D eigenvalue weighted by atomic mass is 31.2. The van der Waals surface area contributed by atoms with Crippen LogP contribution in [0.2, 0.25) is 0 Å². The van der Waals surface area contributed by atoms with E-state index in [1.165, 1.54) is 109 Å². The average molecular weight is 1500 g/mol. The fourth-order valence-corrected chi connectivity index (χ4v) is 12.4. The van der Waals surface area contributed by atoms with Crippen LogP contribution in [0.4, 0.5) is 0 Å². The molecule has 19 heteroatoms. The highest BCUT2D eigenvalue weighted by molar-refractivity contribution is 7.47. The third-order valence-corrected chi connectivity index (χ3v) is 18.9. The zero-order valence-corrected chi connectivity index (χ0v) is 67.2. The minimum Gasteiger partial charge on any atom is -0.462 e. The molecule has 0 aliphatic heterocycles. The number of hydrogen-bond acceptors (Lipinski definition) is 15. The van der Waals surface area contributed by atoms with Crippen molar-refractivity contribution in [1.29, 1.82) is 0 Å². The smallest absolute Gasteiger partial charge is 0.462 e. The summed E-state index contributed by atoms with van der Waals surface area (Å²) in [4.78, 5) is 73.0. The van der Waals surface area contributed by atoms with Crippen LogP contribution in [0.5, 0.6) is 0 Å². The summed E-state index contributed by atoms with van der Waals surface area (Å²) < 4.78 is 68.6. The van der Waals surface area contributed by atoms with Crippen molar-refractivity contribution in [1.82, 2.24) is 0 Å². The molecule has 0 saturated heterocycles. The van der Waals surface area contributed by atoms with Gasteiger partial charge in [-0.3, -0.25) is 37.3 Å². The lowest BCUT2D eigenvalue weighted by molar-refractivity contribution is -0.161. The number of aliphatic hydroxyl groups excluding tert-OH is 1. The van der Waals surface area contributed by atoms with Gasteiger partial charge in [0.25, 0.3) is 0 Å². The molecule has 0 rings (SSSR count). The van der Waals surface area contributed by atoms with Gasteiger partial charge in [-0.15, -0.1) is 0 Å². The number of carbonyl (C=O) groups excluding carboxylic acids is 4. The Kier molecular flexibility index (Phi) is 73.3. The van der Waals surface area contributed by atoms with Crippen LogP contribution in [0.15, 0.2) is 122 Å². The zero-order valence-electron chi connectivity index (χ0n) is 65.4. The molecular formula is C85H146O17P2. The highest BCUT2D eigenvalue weighted by Crippen LogP contribution is 2.45. The number of unbranched alkanes of at least 4 members (excludes halogenated alkanes) is 30. The number of phosphoric acid groups is 2. The Labute approximate surface area is 632 Å². The lowest BCUT2D eigenvalue weighted by Gasteiger charge is -2.21. The molecule has 0 aromatic carbocycles. The van der Waals surface area contributed by atoms with Crippen molar-refractivity contribution in [3.05, 3.63) is 122 Å². The van der Waals surface area contributed by atoms with Crippen molar-refractivity contribution in [2.24, 2.45) is 0 Å². The Morgan fingerprint density at radius 3 is 0.827 bits per heavy atom. The summed E-state index contributed by atoms with van der Waals surface area (Å²) in [5, 5.41) is 10.6. The van der Waals surface area contributed by atoms with Gasteiger partial charge in [0.1, 0.15) is 19.3 Å². The van der Waals surface area contributed by atoms with Crippen LogP contribution >= 0.6 is 15.6 Å². The first-order valence-corrected chi connectivity index (χ1v) is 43.8. The maximum atomic E-state index is 13.1. The number of ether oxygens (including phenoxy) is 4. The van der Waals surface area contributed by atoms with Crippen molar-refractivity contribution in [2.75, 3.05) is 39.6 Å². The number of rotatable bonds is 76. The second kappa shape index (κ2) is 76.6. The molecule has 0 aromatic rings. The first kappa shape index (κ1) is 99.5. The second-order valence-electron chi connectivity index (χ2n) is 27.0. The number of esters is 4. The van der Waals surface area contributed by atoms with E-state index >= 15 is 0 Å². The molecule has 0 saturated carbocycles. The molecule has 0 heterocycles. The predicted molar refractivity (Wildman–Crippen MR) is 427 cm³/mol. The Balaban J connectivity index is 5.42. The molecular weight excluding hydrogens is 1350 g/mol. The summed E-state index contributed by atoms with van der Waals surface area (Å²) in [6.45, 7) is 4.59. The summed E-state index contributed by atoms with van der Waals surface area (Å²) in [7, 11) is -9.98. The topological polar surface area (TPSA) is 237 Å². The SMILES string of the molecule is CC/C=C\C/C=C\C/C=C\C/C=C\C/C=C\C/C=C\CCC(=O)OCC(COP(=O)(O)OCC(O)COP(=O)(O)OCC(COC(=O)CCCCCCCCCCCCCCC)OC(=O)CCCCCCCCCCCCCCC)OC(=O)CCCCCCCC/C=C\C/C=C\C/C=C\C/C=C\CC. The molecule has 0 amide bonds. The Bertz CT molecular complexity index is 2440. The van der Waals surface area contributed by atoms with Crippen LogP contribution in [0.1, 0.15) is 336 Å². The normalized spacial score (nSPS) is 14.5. The molecule has 0 spiro atoms. The Hall–Kier alpha value is -4.54. The fourth-order valence-electron chi connectivity index (χ4n) is 10.8. The molecule has 3 N–H and O–H groups in total. The van der Waals surface area contributed by atoms with E-state index in [0.29, 0.717) is 32.1 Å². The number of carbonyl (C=O) groups is 4. The van der Waals surface area contributed by atoms with E-state index in [0.717, 1.165) is 141 Å². The standard InChI is InChI=1S/C85H146O17P2/c1-5-9-13-17-21-25-29-33-35-37-39-41-43-47-50-54-58-62-66-70-83(88)96-76-81(102-85(90)72-68-64-60-56-52-48-44-42-40-38-36-34-30-26-22-18-14-10-6-2)78-100-104(93,94)98-74-79(86)73-97-103(91,92)99-77-80(101-84(89)71-67-63-59-55-51-46-32-28-24-20-16-12-8-4)75-95-82(87)69-65-61-57-53-49-45-31-27-23-19-15-11-7-3/h9-10,13-14,21-22,25-26,33-36,39-42,47,50,58,62,79-81,86H,5-8,11-12,15-20,23-24,27-32,37-38,43-46,48-49,51-57,59-61,63-78H2,1-4H3,(H,91,92)(H,93,94)/b13-9-,14-10-,25-21-,26-22-,35-33-,36-34-,41-39-,42-40-,50-47-,62-58-. The van der Waals surface area contributed by atoms with E-state index < -0.39 is 97.5 Å². The van der Waals surface area contributed by atoms with E-state index in [9.17, 15) is 43.2 Å². The molecule has 0 aliphatic carbocycles. The first-order chi connectivity index (χ1) is 50.7.